The smallest absolute Gasteiger partial charge is 0.0264 e. The summed E-state index contributed by atoms with van der Waals surface area (Å²) in [5.74, 6) is 1.59. The summed E-state index contributed by atoms with van der Waals surface area (Å²) in [6.07, 6.45) is 2.58. The predicted octanol–water partition coefficient (Wildman–Crippen LogP) is 1.50. The second-order valence-electron chi connectivity index (χ2n) is 4.27. The molecule has 1 rings (SSSR count). The number of alkyl halides is 1. The van der Waals surface area contributed by atoms with Gasteiger partial charge >= 0.3 is 0 Å². The van der Waals surface area contributed by atoms with E-state index in [1.165, 1.54) is 39.0 Å². The van der Waals surface area contributed by atoms with E-state index in [1.807, 2.05) is 0 Å². The third-order valence-electron chi connectivity index (χ3n) is 2.67. The van der Waals surface area contributed by atoms with Crippen molar-refractivity contribution in [1.82, 2.24) is 9.80 Å². The molecule has 1 saturated heterocycles. The van der Waals surface area contributed by atoms with Crippen LogP contribution < -0.4 is 0 Å². The van der Waals surface area contributed by atoms with Crippen LogP contribution in [0.5, 0.6) is 0 Å². The van der Waals surface area contributed by atoms with Crippen molar-refractivity contribution in [2.75, 3.05) is 46.2 Å². The highest BCUT2D eigenvalue weighted by atomic mass is 35.5. The van der Waals surface area contributed by atoms with Crippen LogP contribution in [0.25, 0.3) is 0 Å². The average molecular weight is 205 g/mol. The van der Waals surface area contributed by atoms with Crippen LogP contribution in [0, 0.1) is 5.92 Å². The Labute approximate surface area is 86.8 Å². The lowest BCUT2D eigenvalue weighted by atomic mass is 10.2. The zero-order chi connectivity index (χ0) is 9.68. The van der Waals surface area contributed by atoms with E-state index >= 15 is 0 Å². The van der Waals surface area contributed by atoms with E-state index < -0.39 is 0 Å². The Morgan fingerprint density at radius 3 is 2.77 bits per heavy atom. The maximum atomic E-state index is 5.82. The Balaban J connectivity index is 2.03. The Hall–Kier alpha value is 0.210. The molecule has 13 heavy (non-hydrogen) atoms. The van der Waals surface area contributed by atoms with Gasteiger partial charge in [0.2, 0.25) is 0 Å². The molecule has 1 aliphatic heterocycles. The highest BCUT2D eigenvalue weighted by Gasteiger charge is 2.20. The summed E-state index contributed by atoms with van der Waals surface area (Å²) in [6.45, 7) is 4.91. The van der Waals surface area contributed by atoms with Crippen molar-refractivity contribution in [3.8, 4) is 0 Å². The Kier molecular flexibility index (Phi) is 5.07. The van der Waals surface area contributed by atoms with Crippen molar-refractivity contribution in [3.63, 3.8) is 0 Å². The molecule has 1 aliphatic rings. The molecule has 0 aliphatic carbocycles. The van der Waals surface area contributed by atoms with Crippen LogP contribution in [0.4, 0.5) is 0 Å². The first kappa shape index (κ1) is 11.3. The number of likely N-dealkylation sites (tertiary alicyclic amines) is 1. The summed E-state index contributed by atoms with van der Waals surface area (Å²) >= 11 is 5.82. The molecule has 2 nitrogen and oxygen atoms in total. The van der Waals surface area contributed by atoms with Gasteiger partial charge in [0.25, 0.3) is 0 Å². The zero-order valence-corrected chi connectivity index (χ0v) is 9.56. The Bertz CT molecular complexity index is 139. The summed E-state index contributed by atoms with van der Waals surface area (Å²) in [4.78, 5) is 4.78. The molecule has 0 bridgehead atoms. The monoisotopic (exact) mass is 204 g/mol. The molecule has 0 radical (unpaired) electrons. The number of rotatable bonds is 5. The van der Waals surface area contributed by atoms with Crippen molar-refractivity contribution in [3.05, 3.63) is 0 Å². The molecule has 0 saturated carbocycles. The SMILES string of the molecule is CN(C)CCCN1CCC(CCl)C1. The topological polar surface area (TPSA) is 6.48 Å². The fourth-order valence-corrected chi connectivity index (χ4v) is 2.10. The molecule has 0 aromatic rings. The number of hydrogen-bond donors (Lipinski definition) is 0. The molecule has 3 heteroatoms. The van der Waals surface area contributed by atoms with Crippen LogP contribution in [0.1, 0.15) is 12.8 Å². The van der Waals surface area contributed by atoms with Crippen LogP contribution >= 0.6 is 11.6 Å². The van der Waals surface area contributed by atoms with Crippen LogP contribution in [0.2, 0.25) is 0 Å². The first-order valence-corrected chi connectivity index (χ1v) is 5.69. The third-order valence-corrected chi connectivity index (χ3v) is 3.10. The van der Waals surface area contributed by atoms with Gasteiger partial charge in [0.05, 0.1) is 0 Å². The van der Waals surface area contributed by atoms with Gasteiger partial charge in [-0.2, -0.15) is 0 Å². The minimum Gasteiger partial charge on any atom is -0.309 e. The summed E-state index contributed by atoms with van der Waals surface area (Å²) in [6, 6.07) is 0. The first-order valence-electron chi connectivity index (χ1n) is 5.15. The van der Waals surface area contributed by atoms with Gasteiger partial charge < -0.3 is 9.80 Å². The van der Waals surface area contributed by atoms with Gasteiger partial charge in [-0.05, 0) is 52.5 Å². The number of nitrogens with zero attached hydrogens (tertiary/aromatic N) is 2. The zero-order valence-electron chi connectivity index (χ0n) is 8.80. The number of hydrogen-bond acceptors (Lipinski definition) is 2. The molecule has 0 aromatic heterocycles. The largest absolute Gasteiger partial charge is 0.309 e. The van der Waals surface area contributed by atoms with E-state index in [4.69, 9.17) is 11.6 Å². The van der Waals surface area contributed by atoms with Gasteiger partial charge in [-0.15, -0.1) is 11.6 Å². The van der Waals surface area contributed by atoms with E-state index in [0.29, 0.717) is 0 Å². The normalized spacial score (nSPS) is 24.5. The van der Waals surface area contributed by atoms with E-state index in [-0.39, 0.29) is 0 Å². The molecule has 0 aromatic carbocycles. The van der Waals surface area contributed by atoms with Gasteiger partial charge in [-0.3, -0.25) is 0 Å². The molecular weight excluding hydrogens is 184 g/mol. The lowest BCUT2D eigenvalue weighted by Gasteiger charge is -2.16. The summed E-state index contributed by atoms with van der Waals surface area (Å²) in [7, 11) is 4.26. The van der Waals surface area contributed by atoms with E-state index in [9.17, 15) is 0 Å². The Morgan fingerprint density at radius 1 is 1.46 bits per heavy atom. The molecule has 1 atom stereocenters. The van der Waals surface area contributed by atoms with E-state index in [0.717, 1.165) is 11.8 Å². The molecule has 1 heterocycles. The van der Waals surface area contributed by atoms with Crippen molar-refractivity contribution >= 4 is 11.6 Å². The average Bonchev–Trinajstić information content (AvgIpc) is 2.52. The minimum atomic E-state index is 0.751. The van der Waals surface area contributed by atoms with Crippen LogP contribution in [-0.2, 0) is 0 Å². The van der Waals surface area contributed by atoms with Crippen molar-refractivity contribution in [2.45, 2.75) is 12.8 Å². The number of halogens is 1. The molecule has 1 fully saturated rings. The maximum absolute atomic E-state index is 5.82. The van der Waals surface area contributed by atoms with E-state index in [2.05, 4.69) is 23.9 Å². The van der Waals surface area contributed by atoms with Gasteiger partial charge in [-0.25, -0.2) is 0 Å². The second-order valence-corrected chi connectivity index (χ2v) is 4.58. The Morgan fingerprint density at radius 2 is 2.23 bits per heavy atom. The lowest BCUT2D eigenvalue weighted by Crippen LogP contribution is -2.25. The van der Waals surface area contributed by atoms with Crippen molar-refractivity contribution in [1.29, 1.82) is 0 Å². The third kappa shape index (κ3) is 4.30. The van der Waals surface area contributed by atoms with Gasteiger partial charge in [0, 0.05) is 12.4 Å². The highest BCUT2D eigenvalue weighted by Crippen LogP contribution is 2.17. The fraction of sp³-hybridized carbons (Fsp3) is 1.00. The molecule has 0 N–H and O–H groups in total. The van der Waals surface area contributed by atoms with E-state index in [1.54, 1.807) is 0 Å². The van der Waals surface area contributed by atoms with Crippen LogP contribution in [0.3, 0.4) is 0 Å². The fourth-order valence-electron chi connectivity index (χ4n) is 1.85. The molecular formula is C10H21ClN2. The molecule has 0 amide bonds. The molecule has 0 spiro atoms. The molecule has 78 valence electrons. The maximum Gasteiger partial charge on any atom is 0.0264 e. The predicted molar refractivity (Wildman–Crippen MR) is 58.4 cm³/mol. The second kappa shape index (κ2) is 5.84. The highest BCUT2D eigenvalue weighted by molar-refractivity contribution is 6.18. The van der Waals surface area contributed by atoms with Gasteiger partial charge in [0.15, 0.2) is 0 Å². The van der Waals surface area contributed by atoms with Crippen molar-refractivity contribution < 1.29 is 0 Å². The quantitative estimate of drug-likeness (QED) is 0.627. The first-order chi connectivity index (χ1) is 6.22. The van der Waals surface area contributed by atoms with Crippen LogP contribution in [-0.4, -0.2) is 56.0 Å². The molecule has 1 unspecified atom stereocenters. The summed E-state index contributed by atoms with van der Waals surface area (Å²) in [5, 5.41) is 0. The summed E-state index contributed by atoms with van der Waals surface area (Å²) < 4.78 is 0. The van der Waals surface area contributed by atoms with Gasteiger partial charge in [-0.1, -0.05) is 0 Å². The standard InChI is InChI=1S/C10H21ClN2/c1-12(2)5-3-6-13-7-4-10(8-11)9-13/h10H,3-9H2,1-2H3. The minimum absolute atomic E-state index is 0.751. The summed E-state index contributed by atoms with van der Waals surface area (Å²) in [5.41, 5.74) is 0. The van der Waals surface area contributed by atoms with Gasteiger partial charge in [0.1, 0.15) is 0 Å². The van der Waals surface area contributed by atoms with Crippen molar-refractivity contribution in [2.24, 2.45) is 5.92 Å². The lowest BCUT2D eigenvalue weighted by molar-refractivity contribution is 0.296. The van der Waals surface area contributed by atoms with Crippen LogP contribution in [0.15, 0.2) is 0 Å².